The Labute approximate surface area is 76.8 Å². The Morgan fingerprint density at radius 1 is 1.15 bits per heavy atom. The first-order valence-corrected chi connectivity index (χ1v) is 4.40. The predicted octanol–water partition coefficient (Wildman–Crippen LogP) is 2.38. The van der Waals surface area contributed by atoms with Crippen LogP contribution in [-0.4, -0.2) is 7.11 Å². The Morgan fingerprint density at radius 3 is 2.69 bits per heavy atom. The number of fused-ring (bicyclic) bond motifs is 5. The van der Waals surface area contributed by atoms with Crippen LogP contribution in [0.1, 0.15) is 23.3 Å². The minimum Gasteiger partial charge on any atom is -0.497 e. The summed E-state index contributed by atoms with van der Waals surface area (Å²) in [6.07, 6.45) is 4.56. The van der Waals surface area contributed by atoms with Gasteiger partial charge in [0.2, 0.25) is 0 Å². The van der Waals surface area contributed by atoms with E-state index in [1.54, 1.807) is 7.11 Å². The van der Waals surface area contributed by atoms with Gasteiger partial charge in [-0.05, 0) is 23.3 Å². The zero-order chi connectivity index (χ0) is 8.84. The fourth-order valence-electron chi connectivity index (χ4n) is 1.99. The second-order valence-corrected chi connectivity index (χ2v) is 3.36. The van der Waals surface area contributed by atoms with Crippen molar-refractivity contribution in [3.8, 4) is 5.75 Å². The molecule has 13 heavy (non-hydrogen) atoms. The van der Waals surface area contributed by atoms with E-state index in [-0.39, 0.29) is 12.2 Å². The van der Waals surface area contributed by atoms with Crippen molar-refractivity contribution in [3.05, 3.63) is 41.5 Å². The molecule has 0 fully saturated rings. The van der Waals surface area contributed by atoms with Gasteiger partial charge in [0.1, 0.15) is 18.0 Å². The highest BCUT2D eigenvalue weighted by molar-refractivity contribution is 5.46. The van der Waals surface area contributed by atoms with E-state index in [2.05, 4.69) is 24.3 Å². The summed E-state index contributed by atoms with van der Waals surface area (Å²) in [7, 11) is 1.69. The van der Waals surface area contributed by atoms with Crippen LogP contribution in [0.5, 0.6) is 5.75 Å². The molecular formula is C11H10O2. The lowest BCUT2D eigenvalue weighted by Crippen LogP contribution is -1.93. The Bertz CT molecular complexity index is 382. The molecule has 2 nitrogen and oxygen atoms in total. The van der Waals surface area contributed by atoms with E-state index in [1.165, 1.54) is 11.1 Å². The van der Waals surface area contributed by atoms with Crippen LogP contribution in [0.15, 0.2) is 30.4 Å². The molecular weight excluding hydrogens is 164 g/mol. The third-order valence-corrected chi connectivity index (χ3v) is 2.66. The number of benzene rings is 1. The van der Waals surface area contributed by atoms with E-state index < -0.39 is 0 Å². The van der Waals surface area contributed by atoms with Crippen molar-refractivity contribution in [1.29, 1.82) is 0 Å². The van der Waals surface area contributed by atoms with E-state index in [1.807, 2.05) is 6.07 Å². The lowest BCUT2D eigenvalue weighted by molar-refractivity contribution is 0.0878. The Kier molecular flexibility index (Phi) is 1.30. The largest absolute Gasteiger partial charge is 0.497 e. The predicted molar refractivity (Wildman–Crippen MR) is 48.7 cm³/mol. The molecule has 0 N–H and O–H groups in total. The molecule has 1 aromatic carbocycles. The number of methoxy groups -OCH3 is 1. The molecule has 0 aromatic heterocycles. The quantitative estimate of drug-likeness (QED) is 0.608. The van der Waals surface area contributed by atoms with Crippen molar-refractivity contribution in [2.24, 2.45) is 0 Å². The van der Waals surface area contributed by atoms with Gasteiger partial charge in [0, 0.05) is 0 Å². The maximum Gasteiger partial charge on any atom is 0.119 e. The first-order chi connectivity index (χ1) is 6.38. The maximum absolute atomic E-state index is 5.68. The lowest BCUT2D eigenvalue weighted by atomic mass is 9.97. The van der Waals surface area contributed by atoms with Crippen LogP contribution in [-0.2, 0) is 4.74 Å². The Morgan fingerprint density at radius 2 is 1.92 bits per heavy atom. The van der Waals surface area contributed by atoms with Crippen LogP contribution in [0.4, 0.5) is 0 Å². The van der Waals surface area contributed by atoms with Gasteiger partial charge in [-0.1, -0.05) is 18.2 Å². The molecule has 2 aliphatic heterocycles. The van der Waals surface area contributed by atoms with Crippen LogP contribution in [0.25, 0.3) is 0 Å². The van der Waals surface area contributed by atoms with E-state index in [0.29, 0.717) is 0 Å². The molecule has 0 radical (unpaired) electrons. The standard InChI is InChI=1S/C11H10O2/c1-12-7-2-3-8-9(6-7)11-5-4-10(8)13-11/h2-6,10-11H,1H3. The first-order valence-electron chi connectivity index (χ1n) is 4.40. The van der Waals surface area contributed by atoms with E-state index in [0.717, 1.165) is 5.75 Å². The minimum absolute atomic E-state index is 0.162. The lowest BCUT2D eigenvalue weighted by Gasteiger charge is -2.08. The van der Waals surface area contributed by atoms with Crippen LogP contribution in [0.3, 0.4) is 0 Å². The third-order valence-electron chi connectivity index (χ3n) is 2.66. The van der Waals surface area contributed by atoms with Gasteiger partial charge in [-0.2, -0.15) is 0 Å². The topological polar surface area (TPSA) is 18.5 Å². The van der Waals surface area contributed by atoms with Crippen molar-refractivity contribution in [3.63, 3.8) is 0 Å². The van der Waals surface area contributed by atoms with E-state index in [9.17, 15) is 0 Å². The maximum atomic E-state index is 5.68. The summed E-state index contributed by atoms with van der Waals surface area (Å²) in [5, 5.41) is 0. The molecule has 1 aromatic rings. The second kappa shape index (κ2) is 2.36. The number of hydrogen-bond donors (Lipinski definition) is 0. The zero-order valence-corrected chi connectivity index (χ0v) is 7.36. The van der Waals surface area contributed by atoms with Gasteiger partial charge < -0.3 is 9.47 Å². The SMILES string of the molecule is COc1ccc2c(c1)C1C=CC2O1. The zero-order valence-electron chi connectivity index (χ0n) is 7.36. The highest BCUT2D eigenvalue weighted by atomic mass is 16.5. The molecule has 2 aliphatic rings. The fraction of sp³-hybridized carbons (Fsp3) is 0.273. The number of rotatable bonds is 1. The van der Waals surface area contributed by atoms with Crippen molar-refractivity contribution < 1.29 is 9.47 Å². The summed E-state index contributed by atoms with van der Waals surface area (Å²) in [4.78, 5) is 0. The van der Waals surface area contributed by atoms with Crippen molar-refractivity contribution in [2.75, 3.05) is 7.11 Å². The summed E-state index contributed by atoms with van der Waals surface area (Å²) in [5.74, 6) is 0.906. The minimum atomic E-state index is 0.162. The monoisotopic (exact) mass is 174 g/mol. The normalized spacial score (nSPS) is 27.8. The molecule has 3 rings (SSSR count). The third kappa shape index (κ3) is 0.864. The van der Waals surface area contributed by atoms with Crippen LogP contribution in [0, 0.1) is 0 Å². The molecule has 0 spiro atoms. The molecule has 2 heteroatoms. The average Bonchev–Trinajstić information content (AvgIpc) is 2.77. The van der Waals surface area contributed by atoms with E-state index in [4.69, 9.17) is 9.47 Å². The molecule has 0 aliphatic carbocycles. The van der Waals surface area contributed by atoms with Crippen molar-refractivity contribution in [2.45, 2.75) is 12.2 Å². The molecule has 0 saturated heterocycles. The molecule has 2 bridgehead atoms. The van der Waals surface area contributed by atoms with Gasteiger partial charge in [-0.3, -0.25) is 0 Å². The van der Waals surface area contributed by atoms with Gasteiger partial charge in [0.15, 0.2) is 0 Å². The van der Waals surface area contributed by atoms with Gasteiger partial charge in [0.25, 0.3) is 0 Å². The van der Waals surface area contributed by atoms with Gasteiger partial charge in [-0.25, -0.2) is 0 Å². The van der Waals surface area contributed by atoms with Gasteiger partial charge >= 0.3 is 0 Å². The smallest absolute Gasteiger partial charge is 0.119 e. The molecule has 2 heterocycles. The highest BCUT2D eigenvalue weighted by Crippen LogP contribution is 2.46. The highest BCUT2D eigenvalue weighted by Gasteiger charge is 2.33. The molecule has 0 saturated carbocycles. The fourth-order valence-corrected chi connectivity index (χ4v) is 1.99. The van der Waals surface area contributed by atoms with Crippen molar-refractivity contribution >= 4 is 0 Å². The Balaban J connectivity index is 2.14. The first kappa shape index (κ1) is 7.15. The van der Waals surface area contributed by atoms with Crippen molar-refractivity contribution in [1.82, 2.24) is 0 Å². The summed E-state index contributed by atoms with van der Waals surface area (Å²) < 4.78 is 10.8. The second-order valence-electron chi connectivity index (χ2n) is 3.36. The number of hydrogen-bond acceptors (Lipinski definition) is 2. The number of ether oxygens (including phenoxy) is 2. The summed E-state index contributed by atoms with van der Waals surface area (Å²) in [6, 6.07) is 6.13. The van der Waals surface area contributed by atoms with Gasteiger partial charge in [0.05, 0.1) is 7.11 Å². The molecule has 0 amide bonds. The molecule has 2 unspecified atom stereocenters. The average molecular weight is 174 g/mol. The van der Waals surface area contributed by atoms with Gasteiger partial charge in [-0.15, -0.1) is 0 Å². The summed E-state index contributed by atoms with van der Waals surface area (Å²) in [6.45, 7) is 0. The molecule has 2 atom stereocenters. The molecule has 66 valence electrons. The van der Waals surface area contributed by atoms with E-state index >= 15 is 0 Å². The Hall–Kier alpha value is -1.28. The summed E-state index contributed by atoms with van der Waals surface area (Å²) >= 11 is 0. The van der Waals surface area contributed by atoms with Crippen LogP contribution < -0.4 is 4.74 Å². The van der Waals surface area contributed by atoms with Crippen LogP contribution in [0.2, 0.25) is 0 Å². The van der Waals surface area contributed by atoms with Crippen LogP contribution >= 0.6 is 0 Å². The summed E-state index contributed by atoms with van der Waals surface area (Å²) in [5.41, 5.74) is 2.54.